The Morgan fingerprint density at radius 1 is 1.45 bits per heavy atom. The van der Waals surface area contributed by atoms with E-state index in [1.54, 1.807) is 19.1 Å². The van der Waals surface area contributed by atoms with E-state index in [4.69, 9.17) is 4.74 Å². The van der Waals surface area contributed by atoms with E-state index in [9.17, 15) is 13.5 Å². The van der Waals surface area contributed by atoms with Gasteiger partial charge >= 0.3 is 0 Å². The van der Waals surface area contributed by atoms with Gasteiger partial charge in [0.1, 0.15) is 5.75 Å². The van der Waals surface area contributed by atoms with Crippen molar-refractivity contribution in [3.63, 3.8) is 0 Å². The van der Waals surface area contributed by atoms with Gasteiger partial charge in [0.05, 0.1) is 23.6 Å². The van der Waals surface area contributed by atoms with Gasteiger partial charge in [-0.3, -0.25) is 0 Å². The molecule has 1 saturated heterocycles. The quantitative estimate of drug-likeness (QED) is 0.713. The molecule has 112 valence electrons. The first-order valence-electron chi connectivity index (χ1n) is 6.58. The highest BCUT2D eigenvalue weighted by Gasteiger charge is 2.29. The molecule has 1 aliphatic heterocycles. The minimum atomic E-state index is -3.64. The van der Waals surface area contributed by atoms with E-state index in [0.717, 1.165) is 5.56 Å². The van der Waals surface area contributed by atoms with Crippen LogP contribution in [0.3, 0.4) is 0 Å². The van der Waals surface area contributed by atoms with Crippen molar-refractivity contribution in [2.45, 2.75) is 30.9 Å². The molecular weight excluding hydrogens is 280 g/mol. The monoisotopic (exact) mass is 300 g/mol. The van der Waals surface area contributed by atoms with E-state index in [1.165, 1.54) is 6.07 Å². The Hall–Kier alpha value is -1.15. The number of aliphatic hydroxyl groups excluding tert-OH is 1. The molecule has 7 heteroatoms. The van der Waals surface area contributed by atoms with Gasteiger partial charge in [-0.2, -0.15) is 0 Å². The summed E-state index contributed by atoms with van der Waals surface area (Å²) < 4.78 is 32.4. The summed E-state index contributed by atoms with van der Waals surface area (Å²) >= 11 is 0. The van der Waals surface area contributed by atoms with Crippen LogP contribution in [0.1, 0.15) is 12.5 Å². The first-order valence-corrected chi connectivity index (χ1v) is 8.07. The molecule has 1 aromatic carbocycles. The van der Waals surface area contributed by atoms with Gasteiger partial charge in [-0.25, -0.2) is 13.1 Å². The molecule has 0 aliphatic carbocycles. The van der Waals surface area contributed by atoms with Gasteiger partial charge in [0.25, 0.3) is 0 Å². The van der Waals surface area contributed by atoms with Gasteiger partial charge in [0.2, 0.25) is 10.0 Å². The number of nitrogens with one attached hydrogen (secondary N) is 2. The van der Waals surface area contributed by atoms with Gasteiger partial charge < -0.3 is 15.2 Å². The zero-order chi connectivity index (χ0) is 14.8. The van der Waals surface area contributed by atoms with Gasteiger partial charge in [-0.15, -0.1) is 0 Å². The molecule has 6 nitrogen and oxygen atoms in total. The summed E-state index contributed by atoms with van der Waals surface area (Å²) in [4.78, 5) is 0.178. The normalized spacial score (nSPS) is 22.9. The van der Waals surface area contributed by atoms with E-state index < -0.39 is 22.2 Å². The minimum absolute atomic E-state index is 0.178. The topological polar surface area (TPSA) is 87.7 Å². The first kappa shape index (κ1) is 15.2. The van der Waals surface area contributed by atoms with Crippen LogP contribution < -0.4 is 14.8 Å². The van der Waals surface area contributed by atoms with Crippen molar-refractivity contribution in [3.8, 4) is 5.75 Å². The number of rotatable bonds is 5. The second-order valence-corrected chi connectivity index (χ2v) is 6.53. The highest BCUT2D eigenvalue weighted by molar-refractivity contribution is 7.89. The van der Waals surface area contributed by atoms with E-state index in [-0.39, 0.29) is 4.90 Å². The van der Waals surface area contributed by atoms with Gasteiger partial charge in [-0.05, 0) is 37.6 Å². The molecule has 1 fully saturated rings. The highest BCUT2D eigenvalue weighted by atomic mass is 32.2. The van der Waals surface area contributed by atoms with Crippen LogP contribution in [-0.4, -0.2) is 45.4 Å². The van der Waals surface area contributed by atoms with E-state index in [2.05, 4.69) is 10.0 Å². The van der Waals surface area contributed by atoms with Crippen molar-refractivity contribution in [3.05, 3.63) is 23.8 Å². The number of hydrogen-bond donors (Lipinski definition) is 3. The molecule has 20 heavy (non-hydrogen) atoms. The number of aryl methyl sites for hydroxylation is 1. The van der Waals surface area contributed by atoms with Crippen molar-refractivity contribution in [2.24, 2.45) is 0 Å². The van der Waals surface area contributed by atoms with Gasteiger partial charge in [-0.1, -0.05) is 0 Å². The minimum Gasteiger partial charge on any atom is -0.494 e. The fraction of sp³-hybridized carbons (Fsp3) is 0.538. The lowest BCUT2D eigenvalue weighted by atomic mass is 10.2. The lowest BCUT2D eigenvalue weighted by Gasteiger charge is -2.16. The predicted molar refractivity (Wildman–Crippen MR) is 75.3 cm³/mol. The van der Waals surface area contributed by atoms with Crippen LogP contribution in [0.15, 0.2) is 23.1 Å². The third kappa shape index (κ3) is 3.29. The molecule has 0 saturated carbocycles. The largest absolute Gasteiger partial charge is 0.494 e. The van der Waals surface area contributed by atoms with Gasteiger partial charge in [0.15, 0.2) is 0 Å². The zero-order valence-corrected chi connectivity index (χ0v) is 12.4. The number of ether oxygens (including phenoxy) is 1. The second-order valence-electron chi connectivity index (χ2n) is 4.81. The molecule has 2 rings (SSSR count). The molecule has 2 unspecified atom stereocenters. The maximum absolute atomic E-state index is 12.3. The SMILES string of the molecule is CCOc1ccc(S(=O)(=O)NC2CNCC2O)cc1C. The second kappa shape index (κ2) is 6.09. The van der Waals surface area contributed by atoms with Crippen LogP contribution in [0.2, 0.25) is 0 Å². The lowest BCUT2D eigenvalue weighted by Crippen LogP contribution is -2.42. The molecule has 1 heterocycles. The van der Waals surface area contributed by atoms with E-state index in [0.29, 0.717) is 25.4 Å². The Morgan fingerprint density at radius 2 is 2.20 bits per heavy atom. The summed E-state index contributed by atoms with van der Waals surface area (Å²) in [5.41, 5.74) is 0.764. The predicted octanol–water partition coefficient (Wildman–Crippen LogP) is 0.00472. The van der Waals surface area contributed by atoms with Crippen LogP contribution >= 0.6 is 0 Å². The first-order chi connectivity index (χ1) is 9.44. The molecule has 0 bridgehead atoms. The molecule has 0 spiro atoms. The van der Waals surface area contributed by atoms with Crippen LogP contribution in [-0.2, 0) is 10.0 Å². The lowest BCUT2D eigenvalue weighted by molar-refractivity contribution is 0.173. The Labute approximate surface area is 119 Å². The Kier molecular flexibility index (Phi) is 4.64. The maximum atomic E-state index is 12.3. The summed E-state index contributed by atoms with van der Waals surface area (Å²) in [6.07, 6.45) is -0.700. The Balaban J connectivity index is 2.19. The molecule has 0 radical (unpaired) electrons. The third-order valence-electron chi connectivity index (χ3n) is 3.25. The van der Waals surface area contributed by atoms with E-state index >= 15 is 0 Å². The van der Waals surface area contributed by atoms with Crippen molar-refractivity contribution in [2.75, 3.05) is 19.7 Å². The summed E-state index contributed by atoms with van der Waals surface area (Å²) in [6, 6.07) is 4.24. The Morgan fingerprint density at radius 3 is 2.75 bits per heavy atom. The van der Waals surface area contributed by atoms with Crippen molar-refractivity contribution in [1.29, 1.82) is 0 Å². The standard InChI is InChI=1S/C13H20N2O4S/c1-3-19-13-5-4-10(6-9(13)2)20(17,18)15-11-7-14-8-12(11)16/h4-6,11-12,14-16H,3,7-8H2,1-2H3. The highest BCUT2D eigenvalue weighted by Crippen LogP contribution is 2.22. The van der Waals surface area contributed by atoms with Gasteiger partial charge in [0, 0.05) is 13.1 Å². The fourth-order valence-corrected chi connectivity index (χ4v) is 3.51. The molecule has 1 aromatic rings. The molecule has 0 aromatic heterocycles. The van der Waals surface area contributed by atoms with E-state index in [1.807, 2.05) is 6.92 Å². The molecular formula is C13H20N2O4S. The molecule has 2 atom stereocenters. The zero-order valence-electron chi connectivity index (χ0n) is 11.6. The van der Waals surface area contributed by atoms with Crippen LogP contribution in [0.5, 0.6) is 5.75 Å². The fourth-order valence-electron chi connectivity index (χ4n) is 2.16. The number of sulfonamides is 1. The number of β-amino-alcohol motifs (C(OH)–C–C–N with tert-alkyl or cyclic N) is 1. The summed E-state index contributed by atoms with van der Waals surface area (Å²) in [5.74, 6) is 0.675. The summed E-state index contributed by atoms with van der Waals surface area (Å²) in [7, 11) is -3.64. The van der Waals surface area contributed by atoms with Crippen molar-refractivity contribution < 1.29 is 18.3 Å². The number of benzene rings is 1. The Bertz CT molecular complexity index is 574. The van der Waals surface area contributed by atoms with Crippen molar-refractivity contribution in [1.82, 2.24) is 10.0 Å². The number of aliphatic hydroxyl groups is 1. The average molecular weight is 300 g/mol. The maximum Gasteiger partial charge on any atom is 0.240 e. The molecule has 3 N–H and O–H groups in total. The van der Waals surface area contributed by atoms with Crippen LogP contribution in [0.25, 0.3) is 0 Å². The molecule has 0 amide bonds. The number of hydrogen-bond acceptors (Lipinski definition) is 5. The summed E-state index contributed by atoms with van der Waals surface area (Å²) in [5, 5.41) is 12.6. The smallest absolute Gasteiger partial charge is 0.240 e. The van der Waals surface area contributed by atoms with Crippen molar-refractivity contribution >= 4 is 10.0 Å². The molecule has 1 aliphatic rings. The average Bonchev–Trinajstić information content (AvgIpc) is 2.77. The third-order valence-corrected chi connectivity index (χ3v) is 4.73. The van der Waals surface area contributed by atoms with Crippen LogP contribution in [0.4, 0.5) is 0 Å². The van der Waals surface area contributed by atoms with Crippen LogP contribution in [0, 0.1) is 6.92 Å². The summed E-state index contributed by atoms with van der Waals surface area (Å²) in [6.45, 7) is 5.03.